The van der Waals surface area contributed by atoms with E-state index < -0.39 is 0 Å². The Bertz CT molecular complexity index is 1490. The van der Waals surface area contributed by atoms with Crippen LogP contribution in [0.15, 0.2) is 59.9 Å². The smallest absolute Gasteiger partial charge is 0.266 e. The summed E-state index contributed by atoms with van der Waals surface area (Å²) in [5, 5.41) is 4.46. The third-order valence-corrected chi connectivity index (χ3v) is 5.40. The van der Waals surface area contributed by atoms with E-state index in [1.54, 1.807) is 23.0 Å². The van der Waals surface area contributed by atoms with Gasteiger partial charge in [0.2, 0.25) is 0 Å². The number of nitrogens with one attached hydrogen (secondary N) is 2. The Balaban J connectivity index is 1.72. The molecule has 3 aromatic heterocycles. The Morgan fingerprint density at radius 3 is 2.81 bits per heavy atom. The Labute approximate surface area is 182 Å². The van der Waals surface area contributed by atoms with Gasteiger partial charge in [-0.15, -0.1) is 0 Å². The number of benzene rings is 2. The summed E-state index contributed by atoms with van der Waals surface area (Å²) in [5.74, 6) is 1.11. The van der Waals surface area contributed by atoms with Crippen molar-refractivity contribution in [2.75, 3.05) is 5.32 Å². The highest BCUT2D eigenvalue weighted by molar-refractivity contribution is 6.30. The highest BCUT2D eigenvalue weighted by Crippen LogP contribution is 2.25. The van der Waals surface area contributed by atoms with Crippen LogP contribution in [0.5, 0.6) is 0 Å². The fraction of sp³-hybridized carbons (Fsp3) is 0.136. The third-order valence-electron chi connectivity index (χ3n) is 5.16. The molecule has 31 heavy (non-hydrogen) atoms. The van der Waals surface area contributed by atoms with Gasteiger partial charge in [0.25, 0.3) is 5.56 Å². The second-order valence-corrected chi connectivity index (χ2v) is 7.69. The maximum absolute atomic E-state index is 13.6. The number of hydrogen-bond donors (Lipinski definition) is 2. The molecule has 1 unspecified atom stereocenters. The molecule has 3 heterocycles. The first kappa shape index (κ1) is 19.2. The van der Waals surface area contributed by atoms with E-state index in [4.69, 9.17) is 16.6 Å². The van der Waals surface area contributed by atoms with Crippen LogP contribution in [0.4, 0.5) is 5.82 Å². The van der Waals surface area contributed by atoms with Gasteiger partial charge in [0.05, 0.1) is 29.0 Å². The van der Waals surface area contributed by atoms with Gasteiger partial charge < -0.3 is 10.3 Å². The number of rotatable bonds is 4. The van der Waals surface area contributed by atoms with Crippen molar-refractivity contribution in [2.24, 2.45) is 0 Å². The number of anilines is 1. The molecule has 154 valence electrons. The predicted molar refractivity (Wildman–Crippen MR) is 121 cm³/mol. The number of fused-ring (bicyclic) bond motifs is 2. The van der Waals surface area contributed by atoms with E-state index in [1.165, 1.54) is 6.33 Å². The Morgan fingerprint density at radius 2 is 1.97 bits per heavy atom. The molecule has 2 N–H and O–H groups in total. The van der Waals surface area contributed by atoms with Crippen LogP contribution in [0.25, 0.3) is 27.8 Å². The lowest BCUT2D eigenvalue weighted by molar-refractivity contribution is 0.731. The maximum atomic E-state index is 13.6. The quantitative estimate of drug-likeness (QED) is 0.442. The van der Waals surface area contributed by atoms with E-state index in [-0.39, 0.29) is 11.6 Å². The topological polar surface area (TPSA) is 101 Å². The van der Waals surface area contributed by atoms with Crippen molar-refractivity contribution in [1.82, 2.24) is 29.5 Å². The molecular weight excluding hydrogens is 414 g/mol. The van der Waals surface area contributed by atoms with Gasteiger partial charge in [-0.25, -0.2) is 19.9 Å². The maximum Gasteiger partial charge on any atom is 0.266 e. The summed E-state index contributed by atoms with van der Waals surface area (Å²) in [6.45, 7) is 3.83. The zero-order chi connectivity index (χ0) is 21.5. The van der Waals surface area contributed by atoms with Crippen LogP contribution in [0.1, 0.15) is 24.4 Å². The molecule has 0 aliphatic rings. The van der Waals surface area contributed by atoms with Gasteiger partial charge in [-0.3, -0.25) is 9.36 Å². The van der Waals surface area contributed by atoms with E-state index in [1.807, 2.05) is 44.2 Å². The van der Waals surface area contributed by atoms with Crippen LogP contribution in [0.3, 0.4) is 0 Å². The molecular formula is C22H18ClN7O. The lowest BCUT2D eigenvalue weighted by Gasteiger charge is -2.20. The van der Waals surface area contributed by atoms with Gasteiger partial charge in [0, 0.05) is 5.02 Å². The molecule has 1 atom stereocenters. The van der Waals surface area contributed by atoms with E-state index in [2.05, 4.69) is 25.3 Å². The minimum absolute atomic E-state index is 0.150. The number of H-pyrrole nitrogens is 1. The number of halogens is 1. The Kier molecular flexibility index (Phi) is 4.63. The first-order valence-electron chi connectivity index (χ1n) is 9.72. The summed E-state index contributed by atoms with van der Waals surface area (Å²) >= 11 is 6.23. The van der Waals surface area contributed by atoms with Crippen LogP contribution >= 0.6 is 11.6 Å². The summed E-state index contributed by atoms with van der Waals surface area (Å²) in [5.41, 5.74) is 3.24. The minimum Gasteiger partial charge on any atom is -0.358 e. The molecule has 2 aromatic carbocycles. The van der Waals surface area contributed by atoms with Crippen LogP contribution in [0.2, 0.25) is 5.02 Å². The first-order chi connectivity index (χ1) is 15.0. The molecule has 8 nitrogen and oxygen atoms in total. The van der Waals surface area contributed by atoms with Crippen molar-refractivity contribution in [3.05, 3.63) is 81.9 Å². The number of nitrogens with zero attached hydrogens (tertiary/aromatic N) is 5. The summed E-state index contributed by atoms with van der Waals surface area (Å²) < 4.78 is 1.60. The van der Waals surface area contributed by atoms with E-state index in [0.29, 0.717) is 44.4 Å². The van der Waals surface area contributed by atoms with E-state index in [0.717, 1.165) is 5.56 Å². The molecule has 5 aromatic rings. The number of aryl methyl sites for hydroxylation is 1. The second kappa shape index (κ2) is 7.48. The first-order valence-corrected chi connectivity index (χ1v) is 10.1. The Morgan fingerprint density at radius 1 is 1.13 bits per heavy atom. The summed E-state index contributed by atoms with van der Waals surface area (Å²) in [4.78, 5) is 34.2. The molecule has 0 spiro atoms. The van der Waals surface area contributed by atoms with Gasteiger partial charge in [0.1, 0.15) is 17.7 Å². The van der Waals surface area contributed by atoms with Crippen LogP contribution in [-0.4, -0.2) is 29.5 Å². The number of imidazole rings is 1. The molecule has 0 radical (unpaired) electrons. The fourth-order valence-corrected chi connectivity index (χ4v) is 3.90. The fourth-order valence-electron chi connectivity index (χ4n) is 3.71. The summed E-state index contributed by atoms with van der Waals surface area (Å²) in [6.07, 6.45) is 3.01. The van der Waals surface area contributed by atoms with Crippen molar-refractivity contribution in [3.8, 4) is 5.69 Å². The predicted octanol–water partition coefficient (Wildman–Crippen LogP) is 4.19. The van der Waals surface area contributed by atoms with E-state index in [9.17, 15) is 4.79 Å². The number of aromatic nitrogens is 6. The van der Waals surface area contributed by atoms with Crippen molar-refractivity contribution >= 4 is 39.5 Å². The summed E-state index contributed by atoms with van der Waals surface area (Å²) in [7, 11) is 0. The van der Waals surface area contributed by atoms with Gasteiger partial charge in [-0.05, 0) is 43.7 Å². The highest BCUT2D eigenvalue weighted by Gasteiger charge is 2.20. The average molecular weight is 432 g/mol. The molecule has 0 amide bonds. The average Bonchev–Trinajstić information content (AvgIpc) is 3.23. The zero-order valence-corrected chi connectivity index (χ0v) is 17.6. The largest absolute Gasteiger partial charge is 0.358 e. The molecule has 0 bridgehead atoms. The van der Waals surface area contributed by atoms with Crippen LogP contribution < -0.4 is 10.9 Å². The molecule has 0 saturated carbocycles. The molecule has 0 aliphatic heterocycles. The third kappa shape index (κ3) is 3.30. The second-order valence-electron chi connectivity index (χ2n) is 7.25. The Hall–Kier alpha value is -3.78. The van der Waals surface area contributed by atoms with Crippen LogP contribution in [-0.2, 0) is 0 Å². The van der Waals surface area contributed by atoms with E-state index >= 15 is 0 Å². The van der Waals surface area contributed by atoms with Gasteiger partial charge >= 0.3 is 0 Å². The van der Waals surface area contributed by atoms with Crippen molar-refractivity contribution in [2.45, 2.75) is 19.9 Å². The van der Waals surface area contributed by atoms with Crippen molar-refractivity contribution < 1.29 is 0 Å². The van der Waals surface area contributed by atoms with Gasteiger partial charge in [-0.2, -0.15) is 0 Å². The number of aromatic amines is 1. The SMILES string of the molecule is Cc1cccc2nc(C(C)Nc3ncnc4nc[nH]c34)n(-c3cccc(Cl)c3)c(=O)c12. The summed E-state index contributed by atoms with van der Waals surface area (Å²) in [6, 6.07) is 12.5. The normalized spacial score (nSPS) is 12.4. The molecule has 5 rings (SSSR count). The monoisotopic (exact) mass is 431 g/mol. The lowest BCUT2D eigenvalue weighted by Crippen LogP contribution is -2.28. The van der Waals surface area contributed by atoms with Crippen molar-refractivity contribution in [1.29, 1.82) is 0 Å². The van der Waals surface area contributed by atoms with Crippen molar-refractivity contribution in [3.63, 3.8) is 0 Å². The standard InChI is InChI=1S/C22H18ClN7O/c1-12-5-3-8-16-17(12)22(31)30(15-7-4-6-14(23)9-15)21(29-16)13(2)28-20-18-19(25-10-24-18)26-11-27-20/h3-11,13H,1-2H3,(H2,24,25,26,27,28). The minimum atomic E-state index is -0.363. The van der Waals surface area contributed by atoms with Gasteiger partial charge in [-0.1, -0.05) is 29.8 Å². The zero-order valence-electron chi connectivity index (χ0n) is 16.8. The molecule has 0 fully saturated rings. The molecule has 0 saturated heterocycles. The molecule has 9 heteroatoms. The lowest BCUT2D eigenvalue weighted by atomic mass is 10.1. The molecule has 0 aliphatic carbocycles. The highest BCUT2D eigenvalue weighted by atomic mass is 35.5. The van der Waals surface area contributed by atoms with Gasteiger partial charge in [0.15, 0.2) is 11.5 Å². The van der Waals surface area contributed by atoms with Crippen LogP contribution in [0, 0.1) is 6.92 Å². The number of hydrogen-bond acceptors (Lipinski definition) is 6.